The summed E-state index contributed by atoms with van der Waals surface area (Å²) in [4.78, 5) is 32.3. The van der Waals surface area contributed by atoms with Crippen LogP contribution in [0, 0.1) is 0 Å². The van der Waals surface area contributed by atoms with Crippen molar-refractivity contribution in [1.82, 2.24) is 4.90 Å². The van der Waals surface area contributed by atoms with Crippen molar-refractivity contribution in [3.05, 3.63) is 35.0 Å². The van der Waals surface area contributed by atoms with Crippen molar-refractivity contribution >= 4 is 28.8 Å². The highest BCUT2D eigenvalue weighted by Crippen LogP contribution is 2.45. The minimum atomic E-state index is -0.663. The molecule has 0 N–H and O–H groups in total. The fourth-order valence-electron chi connectivity index (χ4n) is 3.48. The molecule has 0 spiro atoms. The van der Waals surface area contributed by atoms with Crippen LogP contribution in [-0.4, -0.2) is 61.7 Å². The molecule has 1 aromatic rings. The molecule has 0 radical (unpaired) electrons. The molecule has 0 saturated carbocycles. The number of esters is 1. The first kappa shape index (κ1) is 22.2. The number of methoxy groups -OCH3 is 3. The van der Waals surface area contributed by atoms with Crippen LogP contribution in [0.1, 0.15) is 31.9 Å². The molecular formula is C21H26N2O6S. The molecule has 1 saturated heterocycles. The molecule has 1 amide bonds. The number of fused-ring (bicyclic) bond motifs is 1. The van der Waals surface area contributed by atoms with E-state index in [-0.39, 0.29) is 24.4 Å². The normalized spacial score (nSPS) is 20.8. The van der Waals surface area contributed by atoms with Crippen LogP contribution in [0.2, 0.25) is 0 Å². The summed E-state index contributed by atoms with van der Waals surface area (Å²) in [5, 5.41) is 0.362. The van der Waals surface area contributed by atoms with Gasteiger partial charge in [0.25, 0.3) is 0 Å². The van der Waals surface area contributed by atoms with E-state index in [2.05, 4.69) is 4.99 Å². The van der Waals surface area contributed by atoms with E-state index in [9.17, 15) is 9.59 Å². The number of carbonyl (C=O) groups is 2. The largest absolute Gasteiger partial charge is 0.493 e. The highest BCUT2D eigenvalue weighted by Gasteiger charge is 2.47. The maximum atomic E-state index is 13.1. The van der Waals surface area contributed by atoms with Crippen molar-refractivity contribution in [1.29, 1.82) is 0 Å². The van der Waals surface area contributed by atoms with E-state index in [1.54, 1.807) is 38.2 Å². The lowest BCUT2D eigenvalue weighted by Gasteiger charge is -2.33. The number of nitrogens with zero attached hydrogens (tertiary/aromatic N) is 2. The summed E-state index contributed by atoms with van der Waals surface area (Å²) in [7, 11) is 4.63. The lowest BCUT2D eigenvalue weighted by atomic mass is 9.94. The second-order valence-electron chi connectivity index (χ2n) is 6.76. The van der Waals surface area contributed by atoms with E-state index in [1.807, 2.05) is 13.0 Å². The molecule has 1 aromatic carbocycles. The summed E-state index contributed by atoms with van der Waals surface area (Å²) < 4.78 is 21.1. The molecule has 9 heteroatoms. The molecule has 2 aliphatic rings. The van der Waals surface area contributed by atoms with Crippen molar-refractivity contribution in [3.63, 3.8) is 0 Å². The van der Waals surface area contributed by atoms with Crippen LogP contribution in [0.3, 0.4) is 0 Å². The predicted octanol–water partition coefficient (Wildman–Crippen LogP) is 2.93. The van der Waals surface area contributed by atoms with Crippen LogP contribution in [-0.2, 0) is 19.1 Å². The lowest BCUT2D eigenvalue weighted by molar-refractivity contribution is -0.141. The van der Waals surface area contributed by atoms with Gasteiger partial charge in [0, 0.05) is 7.11 Å². The molecule has 0 unspecified atom stereocenters. The SMILES string of the molecule is CC[C@@H]1SC2=NC(C)=C(C(=O)OCCOC)[C@@H](c3ccc(OC)c(OC)c3)N2C1=O. The average molecular weight is 435 g/mol. The molecule has 2 atom stereocenters. The molecule has 0 aromatic heterocycles. The number of thioether (sulfide) groups is 1. The number of hydrogen-bond donors (Lipinski definition) is 0. The van der Waals surface area contributed by atoms with Gasteiger partial charge < -0.3 is 18.9 Å². The summed E-state index contributed by atoms with van der Waals surface area (Å²) in [6.07, 6.45) is 0.671. The standard InChI is InChI=1S/C21H26N2O6S/c1-6-16-19(24)23-18(13-7-8-14(27-4)15(11-13)28-5)17(12(2)22-21(23)30-16)20(25)29-10-9-26-3/h7-8,11,16,18H,6,9-10H2,1-5H3/t16-,18+/m0/s1. The van der Waals surface area contributed by atoms with Gasteiger partial charge in [-0.2, -0.15) is 0 Å². The molecule has 0 aliphatic carbocycles. The Kier molecular flexibility index (Phi) is 7.04. The summed E-state index contributed by atoms with van der Waals surface area (Å²) in [6.45, 7) is 4.11. The van der Waals surface area contributed by atoms with Gasteiger partial charge >= 0.3 is 5.97 Å². The zero-order valence-corrected chi connectivity index (χ0v) is 18.6. The minimum Gasteiger partial charge on any atom is -0.493 e. The number of allylic oxidation sites excluding steroid dienone is 1. The van der Waals surface area contributed by atoms with Gasteiger partial charge in [-0.25, -0.2) is 9.79 Å². The van der Waals surface area contributed by atoms with Gasteiger partial charge in [0.2, 0.25) is 5.91 Å². The Labute approximate surface area is 180 Å². The topological polar surface area (TPSA) is 86.7 Å². The van der Waals surface area contributed by atoms with Crippen LogP contribution in [0.15, 0.2) is 34.5 Å². The van der Waals surface area contributed by atoms with Gasteiger partial charge in [-0.3, -0.25) is 9.69 Å². The number of rotatable bonds is 8. The monoisotopic (exact) mass is 434 g/mol. The van der Waals surface area contributed by atoms with Gasteiger partial charge in [0.15, 0.2) is 16.7 Å². The van der Waals surface area contributed by atoms with E-state index in [0.29, 0.717) is 39.9 Å². The number of amidine groups is 1. The van der Waals surface area contributed by atoms with E-state index >= 15 is 0 Å². The quantitative estimate of drug-likeness (QED) is 0.459. The van der Waals surface area contributed by atoms with Gasteiger partial charge in [0.1, 0.15) is 6.61 Å². The number of carbonyl (C=O) groups excluding carboxylic acids is 2. The average Bonchev–Trinajstić information content (AvgIpc) is 3.07. The Hall–Kier alpha value is -2.52. The van der Waals surface area contributed by atoms with Crippen LogP contribution in [0.5, 0.6) is 11.5 Å². The van der Waals surface area contributed by atoms with Crippen LogP contribution >= 0.6 is 11.8 Å². The first-order valence-corrected chi connectivity index (χ1v) is 10.5. The molecule has 8 nitrogen and oxygen atoms in total. The van der Waals surface area contributed by atoms with Crippen molar-refractivity contribution in [2.45, 2.75) is 31.6 Å². The number of ether oxygens (including phenoxy) is 4. The highest BCUT2D eigenvalue weighted by molar-refractivity contribution is 8.15. The summed E-state index contributed by atoms with van der Waals surface area (Å²) in [6, 6.07) is 4.69. The van der Waals surface area contributed by atoms with Crippen LogP contribution < -0.4 is 9.47 Å². The van der Waals surface area contributed by atoms with Crippen molar-refractivity contribution in [2.24, 2.45) is 4.99 Å². The third-order valence-corrected chi connectivity index (χ3v) is 6.30. The molecule has 30 heavy (non-hydrogen) atoms. The Morgan fingerprint density at radius 1 is 1.17 bits per heavy atom. The van der Waals surface area contributed by atoms with E-state index in [4.69, 9.17) is 18.9 Å². The smallest absolute Gasteiger partial charge is 0.338 e. The lowest BCUT2D eigenvalue weighted by Crippen LogP contribution is -2.41. The summed E-state index contributed by atoms with van der Waals surface area (Å²) in [5.74, 6) is 0.472. The number of benzene rings is 1. The Morgan fingerprint density at radius 2 is 1.90 bits per heavy atom. The number of amides is 1. The van der Waals surface area contributed by atoms with E-state index < -0.39 is 12.0 Å². The van der Waals surface area contributed by atoms with Crippen molar-refractivity contribution in [2.75, 3.05) is 34.5 Å². The third kappa shape index (κ3) is 4.04. The second-order valence-corrected chi connectivity index (χ2v) is 7.93. The molecule has 2 aliphatic heterocycles. The Bertz CT molecular complexity index is 897. The summed E-state index contributed by atoms with van der Waals surface area (Å²) in [5.41, 5.74) is 1.57. The molecule has 1 fully saturated rings. The van der Waals surface area contributed by atoms with Crippen molar-refractivity contribution < 1.29 is 28.5 Å². The zero-order valence-electron chi connectivity index (χ0n) is 17.8. The molecule has 2 heterocycles. The van der Waals surface area contributed by atoms with Crippen LogP contribution in [0.4, 0.5) is 0 Å². The van der Waals surface area contributed by atoms with E-state index in [1.165, 1.54) is 18.9 Å². The molecule has 162 valence electrons. The molecule has 0 bridgehead atoms. The van der Waals surface area contributed by atoms with Gasteiger partial charge in [-0.05, 0) is 31.0 Å². The maximum absolute atomic E-state index is 13.1. The van der Waals surface area contributed by atoms with E-state index in [0.717, 1.165) is 0 Å². The fraction of sp³-hybridized carbons (Fsp3) is 0.476. The Morgan fingerprint density at radius 3 is 2.53 bits per heavy atom. The highest BCUT2D eigenvalue weighted by atomic mass is 32.2. The third-order valence-electron chi connectivity index (χ3n) is 4.99. The second kappa shape index (κ2) is 9.53. The number of hydrogen-bond acceptors (Lipinski definition) is 8. The molecule has 3 rings (SSSR count). The van der Waals surface area contributed by atoms with Gasteiger partial charge in [-0.1, -0.05) is 24.8 Å². The maximum Gasteiger partial charge on any atom is 0.338 e. The number of aliphatic imine (C=N–C) groups is 1. The van der Waals surface area contributed by atoms with Crippen LogP contribution in [0.25, 0.3) is 0 Å². The van der Waals surface area contributed by atoms with Gasteiger partial charge in [-0.15, -0.1) is 0 Å². The Balaban J connectivity index is 2.09. The minimum absolute atomic E-state index is 0.0734. The van der Waals surface area contributed by atoms with Crippen molar-refractivity contribution in [3.8, 4) is 11.5 Å². The van der Waals surface area contributed by atoms with Gasteiger partial charge in [0.05, 0.1) is 43.4 Å². The summed E-state index contributed by atoms with van der Waals surface area (Å²) >= 11 is 1.42. The zero-order chi connectivity index (χ0) is 21.8. The fourth-order valence-corrected chi connectivity index (χ4v) is 4.62. The predicted molar refractivity (Wildman–Crippen MR) is 114 cm³/mol. The first-order valence-electron chi connectivity index (χ1n) is 9.63. The molecular weight excluding hydrogens is 408 g/mol. The first-order chi connectivity index (χ1) is 14.5.